The molecule has 1 aliphatic heterocycles. The summed E-state index contributed by atoms with van der Waals surface area (Å²) in [4.78, 5) is -0.349. The third kappa shape index (κ3) is 2.80. The first-order chi connectivity index (χ1) is 9.41. The number of benzene rings is 1. The first-order valence-corrected chi connectivity index (χ1v) is 8.43. The molecule has 2 aliphatic rings. The third-order valence-corrected chi connectivity index (χ3v) is 6.55. The standard InChI is InChI=1S/C13H16ClFN2O2S.ClH/c14-10-2-1-3-12(13(10)15)20(18,19)17-6-8-4-5-11(16)9(8)7-17;/h1-3,8-9,11H,4-7,16H2;1H. The van der Waals surface area contributed by atoms with E-state index < -0.39 is 15.8 Å². The molecule has 0 bridgehead atoms. The van der Waals surface area contributed by atoms with Crippen molar-refractivity contribution in [3.8, 4) is 0 Å². The molecule has 21 heavy (non-hydrogen) atoms. The largest absolute Gasteiger partial charge is 0.327 e. The summed E-state index contributed by atoms with van der Waals surface area (Å²) in [6, 6.07) is 4.08. The monoisotopic (exact) mass is 354 g/mol. The summed E-state index contributed by atoms with van der Waals surface area (Å²) < 4.78 is 40.4. The van der Waals surface area contributed by atoms with Crippen molar-refractivity contribution in [2.45, 2.75) is 23.8 Å². The van der Waals surface area contributed by atoms with Gasteiger partial charge in [0.1, 0.15) is 4.90 Å². The molecule has 0 radical (unpaired) electrons. The van der Waals surface area contributed by atoms with Gasteiger partial charge in [-0.2, -0.15) is 4.31 Å². The maximum atomic E-state index is 14.0. The second-order valence-electron chi connectivity index (χ2n) is 5.54. The van der Waals surface area contributed by atoms with Crippen LogP contribution in [0.15, 0.2) is 23.1 Å². The van der Waals surface area contributed by atoms with Gasteiger partial charge in [-0.15, -0.1) is 12.4 Å². The van der Waals surface area contributed by atoms with Gasteiger partial charge in [0.25, 0.3) is 0 Å². The summed E-state index contributed by atoms with van der Waals surface area (Å²) in [6.07, 6.45) is 1.88. The van der Waals surface area contributed by atoms with Gasteiger partial charge in [-0.1, -0.05) is 17.7 Å². The highest BCUT2D eigenvalue weighted by Gasteiger charge is 2.45. The molecule has 0 amide bonds. The summed E-state index contributed by atoms with van der Waals surface area (Å²) >= 11 is 5.67. The predicted octanol–water partition coefficient (Wildman–Crippen LogP) is 2.26. The number of hydrogen-bond donors (Lipinski definition) is 1. The van der Waals surface area contributed by atoms with E-state index in [-0.39, 0.29) is 34.3 Å². The molecule has 3 atom stereocenters. The number of rotatable bonds is 2. The molecular weight excluding hydrogens is 338 g/mol. The minimum Gasteiger partial charge on any atom is -0.327 e. The van der Waals surface area contributed by atoms with Crippen molar-refractivity contribution in [3.05, 3.63) is 29.0 Å². The quantitative estimate of drug-likeness (QED) is 0.885. The molecule has 0 spiro atoms. The number of hydrogen-bond acceptors (Lipinski definition) is 3. The van der Waals surface area contributed by atoms with E-state index in [0.717, 1.165) is 12.8 Å². The van der Waals surface area contributed by atoms with E-state index in [1.165, 1.54) is 22.5 Å². The molecule has 1 saturated heterocycles. The third-order valence-electron chi connectivity index (χ3n) is 4.41. The molecule has 1 heterocycles. The molecule has 0 aromatic heterocycles. The molecule has 1 aromatic carbocycles. The number of fused-ring (bicyclic) bond motifs is 1. The fourth-order valence-electron chi connectivity index (χ4n) is 3.29. The fourth-order valence-corrected chi connectivity index (χ4v) is 5.14. The Morgan fingerprint density at radius 2 is 2.00 bits per heavy atom. The van der Waals surface area contributed by atoms with Gasteiger partial charge in [-0.3, -0.25) is 0 Å². The van der Waals surface area contributed by atoms with E-state index in [1.807, 2.05) is 0 Å². The molecule has 118 valence electrons. The Balaban J connectivity index is 0.00000161. The Hall–Kier alpha value is -0.400. The lowest BCUT2D eigenvalue weighted by atomic mass is 9.98. The van der Waals surface area contributed by atoms with Gasteiger partial charge in [0.05, 0.1) is 5.02 Å². The van der Waals surface area contributed by atoms with E-state index >= 15 is 0 Å². The molecule has 8 heteroatoms. The van der Waals surface area contributed by atoms with Crippen molar-refractivity contribution in [3.63, 3.8) is 0 Å². The number of halogens is 3. The Morgan fingerprint density at radius 1 is 1.29 bits per heavy atom. The molecule has 2 N–H and O–H groups in total. The van der Waals surface area contributed by atoms with Crippen LogP contribution in [0.5, 0.6) is 0 Å². The maximum Gasteiger partial charge on any atom is 0.246 e. The lowest BCUT2D eigenvalue weighted by molar-refractivity contribution is 0.424. The molecule has 1 aromatic rings. The first-order valence-electron chi connectivity index (χ1n) is 6.61. The van der Waals surface area contributed by atoms with Gasteiger partial charge in [0, 0.05) is 19.1 Å². The highest BCUT2D eigenvalue weighted by Crippen LogP contribution is 2.39. The Bertz CT molecular complexity index is 641. The highest BCUT2D eigenvalue weighted by atomic mass is 35.5. The van der Waals surface area contributed by atoms with Gasteiger partial charge in [-0.25, -0.2) is 12.8 Å². The zero-order valence-corrected chi connectivity index (χ0v) is 13.6. The van der Waals surface area contributed by atoms with E-state index in [4.69, 9.17) is 17.3 Å². The van der Waals surface area contributed by atoms with Crippen LogP contribution < -0.4 is 5.73 Å². The van der Waals surface area contributed by atoms with E-state index in [1.54, 1.807) is 0 Å². The minimum atomic E-state index is -3.84. The van der Waals surface area contributed by atoms with Crippen LogP contribution in [0.2, 0.25) is 5.02 Å². The maximum absolute atomic E-state index is 14.0. The van der Waals surface area contributed by atoms with Crippen LogP contribution >= 0.6 is 24.0 Å². The summed E-state index contributed by atoms with van der Waals surface area (Å²) in [6.45, 7) is 0.798. The van der Waals surface area contributed by atoms with E-state index in [2.05, 4.69) is 0 Å². The number of nitrogens with zero attached hydrogens (tertiary/aromatic N) is 1. The van der Waals surface area contributed by atoms with Gasteiger partial charge < -0.3 is 5.73 Å². The van der Waals surface area contributed by atoms with Gasteiger partial charge >= 0.3 is 0 Å². The van der Waals surface area contributed by atoms with Crippen LogP contribution in [-0.2, 0) is 10.0 Å². The molecule has 2 fully saturated rings. The number of nitrogens with two attached hydrogens (primary N) is 1. The zero-order chi connectivity index (χ0) is 14.5. The smallest absolute Gasteiger partial charge is 0.246 e. The van der Waals surface area contributed by atoms with Gasteiger partial charge in [-0.05, 0) is 36.8 Å². The Morgan fingerprint density at radius 3 is 2.67 bits per heavy atom. The average Bonchev–Trinajstić information content (AvgIpc) is 2.96. The topological polar surface area (TPSA) is 63.4 Å². The van der Waals surface area contributed by atoms with Crippen LogP contribution in [-0.4, -0.2) is 31.9 Å². The molecular formula is C13H17Cl2FN2O2S. The van der Waals surface area contributed by atoms with Crippen LogP contribution in [0.25, 0.3) is 0 Å². The highest BCUT2D eigenvalue weighted by molar-refractivity contribution is 7.89. The van der Waals surface area contributed by atoms with Crippen molar-refractivity contribution < 1.29 is 12.8 Å². The minimum absolute atomic E-state index is 0. The second kappa shape index (κ2) is 6.01. The SMILES string of the molecule is Cl.NC1CCC2CN(S(=O)(=O)c3cccc(Cl)c3F)CC12. The number of sulfonamides is 1. The van der Waals surface area contributed by atoms with Crippen molar-refractivity contribution in [2.24, 2.45) is 17.6 Å². The summed E-state index contributed by atoms with van der Waals surface area (Å²) in [5.41, 5.74) is 6.00. The van der Waals surface area contributed by atoms with E-state index in [9.17, 15) is 12.8 Å². The van der Waals surface area contributed by atoms with Gasteiger partial charge in [0.15, 0.2) is 5.82 Å². The first kappa shape index (κ1) is 17.0. The summed E-state index contributed by atoms with van der Waals surface area (Å²) in [7, 11) is -3.84. The molecule has 4 nitrogen and oxygen atoms in total. The Labute approximate surface area is 134 Å². The molecule has 1 aliphatic carbocycles. The zero-order valence-electron chi connectivity index (χ0n) is 11.2. The summed E-state index contributed by atoms with van der Waals surface area (Å²) in [5.74, 6) is -0.399. The molecule has 3 rings (SSSR count). The molecule has 1 saturated carbocycles. The van der Waals surface area contributed by atoms with Crippen molar-refractivity contribution in [1.29, 1.82) is 0 Å². The fraction of sp³-hybridized carbons (Fsp3) is 0.538. The van der Waals surface area contributed by atoms with E-state index in [0.29, 0.717) is 19.0 Å². The van der Waals surface area contributed by atoms with Crippen molar-refractivity contribution >= 4 is 34.0 Å². The van der Waals surface area contributed by atoms with Crippen molar-refractivity contribution in [1.82, 2.24) is 4.31 Å². The van der Waals surface area contributed by atoms with Crippen LogP contribution in [0.1, 0.15) is 12.8 Å². The van der Waals surface area contributed by atoms with Crippen molar-refractivity contribution in [2.75, 3.05) is 13.1 Å². The van der Waals surface area contributed by atoms with Gasteiger partial charge in [0.2, 0.25) is 10.0 Å². The normalized spacial score (nSPS) is 29.2. The average molecular weight is 355 g/mol. The van der Waals surface area contributed by atoms with Crippen LogP contribution in [0.3, 0.4) is 0 Å². The molecule has 3 unspecified atom stereocenters. The van der Waals surface area contributed by atoms with Crippen LogP contribution in [0.4, 0.5) is 4.39 Å². The Kier molecular flexibility index (Phi) is 4.85. The lowest BCUT2D eigenvalue weighted by Gasteiger charge is -2.19. The van der Waals surface area contributed by atoms with Crippen LogP contribution in [0, 0.1) is 17.7 Å². The summed E-state index contributed by atoms with van der Waals surface area (Å²) in [5, 5.41) is -0.179. The lowest BCUT2D eigenvalue weighted by Crippen LogP contribution is -2.33. The predicted molar refractivity (Wildman–Crippen MR) is 81.6 cm³/mol. The second-order valence-corrected chi connectivity index (χ2v) is 7.85.